The molecule has 1 aliphatic carbocycles. The monoisotopic (exact) mass is 659 g/mol. The highest BCUT2D eigenvalue weighted by molar-refractivity contribution is 5.94. The Bertz CT molecular complexity index is 1600. The summed E-state index contributed by atoms with van der Waals surface area (Å²) in [5, 5.41) is 7.65. The van der Waals surface area contributed by atoms with Crippen molar-refractivity contribution in [3.63, 3.8) is 0 Å². The molecule has 1 amide bonds. The Balaban J connectivity index is 0.889. The highest BCUT2D eigenvalue weighted by Crippen LogP contribution is 2.60. The van der Waals surface area contributed by atoms with Gasteiger partial charge in [-0.15, -0.1) is 0 Å². The number of hydrogen-bond acceptors (Lipinski definition) is 9. The van der Waals surface area contributed by atoms with Crippen molar-refractivity contribution in [3.05, 3.63) is 65.9 Å². The van der Waals surface area contributed by atoms with Gasteiger partial charge in [0.1, 0.15) is 5.75 Å². The molecule has 2 aromatic carbocycles. The first-order valence-electron chi connectivity index (χ1n) is 17.6. The number of hydrogen-bond donors (Lipinski definition) is 2. The molecule has 2 N–H and O–H groups in total. The lowest BCUT2D eigenvalue weighted by Crippen LogP contribution is -2.70. The van der Waals surface area contributed by atoms with Gasteiger partial charge < -0.3 is 29.6 Å². The summed E-state index contributed by atoms with van der Waals surface area (Å²) < 4.78 is 24.9. The van der Waals surface area contributed by atoms with E-state index in [1.165, 1.54) is 0 Å². The number of ether oxygens (including phenoxy) is 4. The average molecular weight is 660 g/mol. The molecule has 4 aliphatic heterocycles. The summed E-state index contributed by atoms with van der Waals surface area (Å²) in [5.41, 5.74) is 2.86. The molecule has 2 bridgehead atoms. The zero-order chi connectivity index (χ0) is 33.5. The molecule has 10 nitrogen and oxygen atoms in total. The van der Waals surface area contributed by atoms with Gasteiger partial charge in [-0.1, -0.05) is 32.0 Å². The third kappa shape index (κ3) is 6.29. The Labute approximate surface area is 283 Å². The molecular formula is C38H49N3O7. The second-order valence-electron chi connectivity index (χ2n) is 14.5. The molecule has 5 aliphatic rings. The summed E-state index contributed by atoms with van der Waals surface area (Å²) in [6.07, 6.45) is 6.53. The number of amides is 1. The van der Waals surface area contributed by atoms with Gasteiger partial charge >= 0.3 is 0 Å². The van der Waals surface area contributed by atoms with Gasteiger partial charge in [0.2, 0.25) is 5.79 Å². The molecule has 258 valence electrons. The smallest absolute Gasteiger partial charge is 0.251 e. The number of nitrogens with one attached hydrogen (secondary N) is 2. The van der Waals surface area contributed by atoms with Gasteiger partial charge in [0.05, 0.1) is 24.9 Å². The Morgan fingerprint density at radius 2 is 1.92 bits per heavy atom. The van der Waals surface area contributed by atoms with Crippen LogP contribution in [0.1, 0.15) is 82.1 Å². The number of aromatic nitrogens is 1. The topological polar surface area (TPSA) is 109 Å². The van der Waals surface area contributed by atoms with E-state index in [2.05, 4.69) is 36.4 Å². The zero-order valence-corrected chi connectivity index (χ0v) is 28.7. The number of carbonyl (C=O) groups is 1. The molecule has 1 unspecified atom stereocenters. The first-order chi connectivity index (χ1) is 23.2. The fraction of sp³-hybridized carbons (Fsp3) is 0.579. The van der Waals surface area contributed by atoms with Crippen LogP contribution in [0.15, 0.2) is 54.7 Å². The molecule has 8 rings (SSSR count). The van der Waals surface area contributed by atoms with E-state index in [1.54, 1.807) is 13.3 Å². The summed E-state index contributed by atoms with van der Waals surface area (Å²) in [7, 11) is 1.67. The van der Waals surface area contributed by atoms with Gasteiger partial charge in [0, 0.05) is 54.1 Å². The standard InChI is InChI=1S/C38H49N3O7/c1-23-10-15-31-25(3)35(45-36-38(31)30(23)16-17-37(4,46-36)47-48-38)44-22-26-11-13-27(14-12-26)34(42)40-19-6-8-24(2)41-32-21-29(43-5)20-28-9-7-18-39-33(28)32/h7,9,11-14,18,20-21,23-25,30-31,35-36,41H,6,8,10,15-17,19,22H2,1-5H3,(H,40,42)/t23-,24?,25-,30+,31+,35+,36-,37-,38-/m1/s1. The van der Waals surface area contributed by atoms with Gasteiger partial charge in [0.15, 0.2) is 18.2 Å². The quantitative estimate of drug-likeness (QED) is 0.167. The van der Waals surface area contributed by atoms with E-state index in [1.807, 2.05) is 55.5 Å². The van der Waals surface area contributed by atoms with Crippen LogP contribution in [-0.2, 0) is 30.6 Å². The number of carbonyl (C=O) groups excluding carboxylic acids is 1. The molecule has 48 heavy (non-hydrogen) atoms. The second kappa shape index (κ2) is 13.6. The maximum Gasteiger partial charge on any atom is 0.251 e. The van der Waals surface area contributed by atoms with Crippen LogP contribution in [0.2, 0.25) is 0 Å². The first-order valence-corrected chi connectivity index (χ1v) is 17.6. The third-order valence-corrected chi connectivity index (χ3v) is 11.1. The van der Waals surface area contributed by atoms with Crippen LogP contribution in [0.4, 0.5) is 5.69 Å². The van der Waals surface area contributed by atoms with Gasteiger partial charge in [-0.25, -0.2) is 9.78 Å². The third-order valence-electron chi connectivity index (χ3n) is 11.1. The normalized spacial score (nSPS) is 33.0. The summed E-state index contributed by atoms with van der Waals surface area (Å²) in [5.74, 6) is 1.07. The van der Waals surface area contributed by atoms with E-state index < -0.39 is 24.0 Å². The van der Waals surface area contributed by atoms with Crippen molar-refractivity contribution >= 4 is 22.5 Å². The highest BCUT2D eigenvalue weighted by Gasteiger charge is 2.69. The van der Waals surface area contributed by atoms with E-state index >= 15 is 0 Å². The molecule has 5 heterocycles. The van der Waals surface area contributed by atoms with Crippen molar-refractivity contribution in [1.82, 2.24) is 10.3 Å². The Morgan fingerprint density at radius 3 is 2.73 bits per heavy atom. The minimum Gasteiger partial charge on any atom is -0.497 e. The lowest BCUT2D eigenvalue weighted by molar-refractivity contribution is -0.577. The SMILES string of the molecule is COc1cc(NC(C)CCCNC(=O)c2ccc(CO[C@H]3O[C@@H]4O[C@@]5(C)CC[C@H]6[C@H](C)CC[C@@H]([C@H]3C)[C@@]46OO5)cc2)c2ncccc2c1. The van der Waals surface area contributed by atoms with Gasteiger partial charge in [-0.3, -0.25) is 9.78 Å². The van der Waals surface area contributed by atoms with Gasteiger partial charge in [-0.05, 0) is 87.6 Å². The largest absolute Gasteiger partial charge is 0.497 e. The van der Waals surface area contributed by atoms with E-state index in [4.69, 9.17) is 28.7 Å². The van der Waals surface area contributed by atoms with Crippen molar-refractivity contribution in [2.24, 2.45) is 23.7 Å². The van der Waals surface area contributed by atoms with E-state index in [-0.39, 0.29) is 23.8 Å². The van der Waals surface area contributed by atoms with Crippen LogP contribution in [0.25, 0.3) is 10.9 Å². The van der Waals surface area contributed by atoms with E-state index in [9.17, 15) is 4.79 Å². The second-order valence-corrected chi connectivity index (χ2v) is 14.5. The number of rotatable bonds is 11. The Morgan fingerprint density at radius 1 is 1.08 bits per heavy atom. The Hall–Kier alpha value is -3.28. The minimum atomic E-state index is -0.807. The number of methoxy groups -OCH3 is 1. The molecule has 1 saturated carbocycles. The first kappa shape index (κ1) is 33.2. The summed E-state index contributed by atoms with van der Waals surface area (Å²) in [6.45, 7) is 9.54. The number of nitrogens with zero attached hydrogens (tertiary/aromatic N) is 1. The number of pyridine rings is 1. The van der Waals surface area contributed by atoms with E-state index in [0.717, 1.165) is 66.4 Å². The van der Waals surface area contributed by atoms with Crippen LogP contribution in [0, 0.1) is 23.7 Å². The Kier molecular flexibility index (Phi) is 9.38. The maximum absolute atomic E-state index is 12.9. The van der Waals surface area contributed by atoms with Crippen LogP contribution in [-0.4, -0.2) is 54.6 Å². The molecule has 4 saturated heterocycles. The fourth-order valence-corrected chi connectivity index (χ4v) is 8.44. The molecule has 5 fully saturated rings. The number of anilines is 1. The lowest BCUT2D eigenvalue weighted by atomic mass is 9.58. The minimum absolute atomic E-state index is 0.0852. The van der Waals surface area contributed by atoms with E-state index in [0.29, 0.717) is 30.6 Å². The fourth-order valence-electron chi connectivity index (χ4n) is 8.44. The number of benzene rings is 2. The predicted octanol–water partition coefficient (Wildman–Crippen LogP) is 6.98. The molecule has 9 atom stereocenters. The zero-order valence-electron chi connectivity index (χ0n) is 28.7. The van der Waals surface area contributed by atoms with Crippen molar-refractivity contribution in [2.75, 3.05) is 19.0 Å². The van der Waals surface area contributed by atoms with Gasteiger partial charge in [0.25, 0.3) is 5.91 Å². The van der Waals surface area contributed by atoms with Crippen molar-refractivity contribution in [2.45, 2.75) is 103 Å². The number of fused-ring (bicyclic) bond motifs is 3. The van der Waals surface area contributed by atoms with Crippen molar-refractivity contribution in [3.8, 4) is 5.75 Å². The highest BCUT2D eigenvalue weighted by atomic mass is 17.3. The molecule has 0 radical (unpaired) electrons. The van der Waals surface area contributed by atoms with Crippen molar-refractivity contribution in [1.29, 1.82) is 0 Å². The molecular weight excluding hydrogens is 610 g/mol. The molecule has 1 aromatic heterocycles. The van der Waals surface area contributed by atoms with Crippen LogP contribution in [0.3, 0.4) is 0 Å². The van der Waals surface area contributed by atoms with Crippen LogP contribution >= 0.6 is 0 Å². The van der Waals surface area contributed by atoms with Crippen LogP contribution < -0.4 is 15.4 Å². The van der Waals surface area contributed by atoms with Crippen LogP contribution in [0.5, 0.6) is 5.75 Å². The van der Waals surface area contributed by atoms with Crippen molar-refractivity contribution < 1.29 is 33.5 Å². The van der Waals surface area contributed by atoms with Gasteiger partial charge in [-0.2, -0.15) is 0 Å². The molecule has 3 aromatic rings. The predicted molar refractivity (Wildman–Crippen MR) is 181 cm³/mol. The summed E-state index contributed by atoms with van der Waals surface area (Å²) in [4.78, 5) is 29.6. The summed E-state index contributed by atoms with van der Waals surface area (Å²) >= 11 is 0. The average Bonchev–Trinajstić information content (AvgIpc) is 3.33. The maximum atomic E-state index is 12.9. The lowest BCUT2D eigenvalue weighted by Gasteiger charge is -2.60. The molecule has 10 heteroatoms. The molecule has 1 spiro atoms. The summed E-state index contributed by atoms with van der Waals surface area (Å²) in [6, 6.07) is 15.7.